The Kier molecular flexibility index (Phi) is 9.55. The minimum Gasteiger partial charge on any atom is -0.480 e. The van der Waals surface area contributed by atoms with Gasteiger partial charge in [-0.25, -0.2) is 22.2 Å². The Hall–Kier alpha value is -4.99. The molecule has 2 aromatic heterocycles. The van der Waals surface area contributed by atoms with E-state index in [0.29, 0.717) is 17.0 Å². The number of nitrogen functional groups attached to an aromatic ring is 1. The number of halogens is 2. The van der Waals surface area contributed by atoms with Crippen molar-refractivity contribution < 1.29 is 31.9 Å². The predicted molar refractivity (Wildman–Crippen MR) is 169 cm³/mol. The van der Waals surface area contributed by atoms with Crippen molar-refractivity contribution in [3.05, 3.63) is 117 Å². The van der Waals surface area contributed by atoms with E-state index in [1.165, 1.54) is 35.0 Å². The number of fused-ring (bicyclic) bond motifs is 1. The summed E-state index contributed by atoms with van der Waals surface area (Å²) in [5, 5.41) is 11.2. The third-order valence-corrected chi connectivity index (χ3v) is 9.42. The smallest absolute Gasteiger partial charge is 0.323 e. The van der Waals surface area contributed by atoms with E-state index in [1.807, 2.05) is 35.1 Å². The first kappa shape index (κ1) is 32.4. The number of thiazole rings is 1. The Labute approximate surface area is 265 Å². The van der Waals surface area contributed by atoms with E-state index in [-0.39, 0.29) is 40.5 Å². The van der Waals surface area contributed by atoms with Crippen LogP contribution in [0.25, 0.3) is 10.9 Å². The summed E-state index contributed by atoms with van der Waals surface area (Å²) in [5.41, 5.74) is 4.94. The number of aliphatic carboxylic acids is 1. The van der Waals surface area contributed by atoms with Gasteiger partial charge in [0.25, 0.3) is 0 Å². The van der Waals surface area contributed by atoms with Crippen molar-refractivity contribution >= 4 is 55.5 Å². The minimum absolute atomic E-state index is 0.0785. The van der Waals surface area contributed by atoms with E-state index in [0.717, 1.165) is 23.0 Å². The monoisotopic (exact) mass is 667 g/mol. The second-order valence-corrected chi connectivity index (χ2v) is 12.9. The quantitative estimate of drug-likeness (QED) is 0.161. The Morgan fingerprint density at radius 3 is 2.41 bits per heavy atom. The van der Waals surface area contributed by atoms with Crippen LogP contribution in [0.1, 0.15) is 16.8 Å². The second-order valence-electron chi connectivity index (χ2n) is 10.3. The van der Waals surface area contributed by atoms with E-state index in [9.17, 15) is 27.9 Å². The van der Waals surface area contributed by atoms with Crippen LogP contribution in [-0.4, -0.2) is 48.0 Å². The van der Waals surface area contributed by atoms with Crippen LogP contribution in [0.15, 0.2) is 88.0 Å². The molecule has 11 nitrogen and oxygen atoms in total. The van der Waals surface area contributed by atoms with Gasteiger partial charge >= 0.3 is 5.97 Å². The van der Waals surface area contributed by atoms with E-state index < -0.39 is 56.7 Å². The molecule has 1 atom stereocenters. The summed E-state index contributed by atoms with van der Waals surface area (Å²) in [6.07, 6.45) is 1.45. The van der Waals surface area contributed by atoms with E-state index in [1.54, 1.807) is 11.4 Å². The molecule has 0 bridgehead atoms. The molecule has 1 unspecified atom stereocenters. The Bertz CT molecular complexity index is 2070. The molecule has 0 saturated heterocycles. The summed E-state index contributed by atoms with van der Waals surface area (Å²) < 4.78 is 60.7. The molecule has 4 N–H and O–H groups in total. The number of rotatable bonds is 13. The molecule has 2 heterocycles. The second kappa shape index (κ2) is 13.6. The van der Waals surface area contributed by atoms with Crippen LogP contribution in [0.3, 0.4) is 0 Å². The van der Waals surface area contributed by atoms with Gasteiger partial charge in [-0.1, -0.05) is 48.5 Å². The van der Waals surface area contributed by atoms with Crippen molar-refractivity contribution in [3.63, 3.8) is 0 Å². The number of nitrogens with two attached hydrogens (primary N) is 1. The lowest BCUT2D eigenvalue weighted by Gasteiger charge is -2.24. The maximum absolute atomic E-state index is 16.2. The number of carboxylic acid groups (broad SMARTS) is 1. The molecular weight excluding hydrogens is 641 g/mol. The Morgan fingerprint density at radius 1 is 1.13 bits per heavy atom. The first-order chi connectivity index (χ1) is 22.0. The zero-order valence-corrected chi connectivity index (χ0v) is 25.6. The maximum atomic E-state index is 16.2. The number of pyridine rings is 1. The van der Waals surface area contributed by atoms with Crippen LogP contribution in [0.4, 0.5) is 19.6 Å². The molecule has 46 heavy (non-hydrogen) atoms. The molecule has 0 spiro atoms. The summed E-state index contributed by atoms with van der Waals surface area (Å²) in [6, 6.07) is 15.1. The first-order valence-corrected chi connectivity index (χ1v) is 16.1. The third kappa shape index (κ3) is 6.96. The van der Waals surface area contributed by atoms with Crippen LogP contribution in [-0.2, 0) is 39.0 Å². The average Bonchev–Trinajstić information content (AvgIpc) is 3.46. The molecule has 0 saturated carbocycles. The number of sulfonamides is 1. The third-order valence-electron chi connectivity index (χ3n) is 7.21. The molecule has 0 aliphatic heterocycles. The number of nitrogens with one attached hydrogen (secondary N) is 1. The first-order valence-electron chi connectivity index (χ1n) is 13.8. The van der Waals surface area contributed by atoms with Crippen LogP contribution >= 0.6 is 11.3 Å². The summed E-state index contributed by atoms with van der Waals surface area (Å²) in [7, 11) is -4.34. The highest BCUT2D eigenvalue weighted by molar-refractivity contribution is 7.89. The van der Waals surface area contributed by atoms with Crippen molar-refractivity contribution in [1.82, 2.24) is 14.3 Å². The highest BCUT2D eigenvalue weighted by atomic mass is 32.2. The van der Waals surface area contributed by atoms with Gasteiger partial charge < -0.3 is 20.3 Å². The van der Waals surface area contributed by atoms with Crippen molar-refractivity contribution in [2.75, 3.05) is 17.2 Å². The Balaban J connectivity index is 1.59. The molecule has 0 aliphatic rings. The van der Waals surface area contributed by atoms with E-state index >= 15 is 8.78 Å². The fourth-order valence-electron chi connectivity index (χ4n) is 4.95. The van der Waals surface area contributed by atoms with Gasteiger partial charge in [0.2, 0.25) is 21.9 Å². The number of carbonyl (C=O) groups is 2. The topological polar surface area (TPSA) is 165 Å². The predicted octanol–water partition coefficient (Wildman–Crippen LogP) is 3.55. The van der Waals surface area contributed by atoms with E-state index in [4.69, 9.17) is 5.73 Å². The number of amides is 1. The molecule has 5 aromatic rings. The van der Waals surface area contributed by atoms with Gasteiger partial charge in [0.15, 0.2) is 10.9 Å². The lowest BCUT2D eigenvalue weighted by atomic mass is 10.0. The largest absolute Gasteiger partial charge is 0.480 e. The molecule has 1 amide bonds. The standard InChI is InChI=1S/C31H27F2N5O6S2/c32-24-14-23-28(27(33)22(24)13-20-17-45-31(34)35-20)37(12-11-19-7-3-1-4-8-19)16-26(29(23)40)38(18-39)15-25(30(41)42)36-46(43,44)21-9-5-2-6-10-21/h1-10,14,16-18,25,36H,11-13,15H2,(H2,34,35)(H,41,42). The lowest BCUT2D eigenvalue weighted by molar-refractivity contribution is -0.138. The minimum atomic E-state index is -4.34. The van der Waals surface area contributed by atoms with Gasteiger partial charge in [-0.2, -0.15) is 4.72 Å². The van der Waals surface area contributed by atoms with Crippen molar-refractivity contribution in [2.24, 2.45) is 0 Å². The normalized spacial score (nSPS) is 12.2. The molecule has 238 valence electrons. The lowest BCUT2D eigenvalue weighted by Crippen LogP contribution is -2.49. The van der Waals surface area contributed by atoms with Crippen molar-refractivity contribution in [2.45, 2.75) is 30.3 Å². The van der Waals surface area contributed by atoms with Gasteiger partial charge in [-0.3, -0.25) is 14.4 Å². The molecule has 0 radical (unpaired) electrons. The fourth-order valence-corrected chi connectivity index (χ4v) is 6.71. The van der Waals surface area contributed by atoms with Gasteiger partial charge in [0.05, 0.1) is 28.0 Å². The van der Waals surface area contributed by atoms with Crippen LogP contribution in [0.2, 0.25) is 0 Å². The SMILES string of the molecule is Nc1nc(Cc2c(F)cc3c(=O)c(N(C=O)CC(NS(=O)(=O)c4ccccc4)C(=O)O)cn(CCc4ccccc4)c3c2F)cs1. The molecule has 15 heteroatoms. The Morgan fingerprint density at radius 2 is 1.80 bits per heavy atom. The van der Waals surface area contributed by atoms with Crippen molar-refractivity contribution in [3.8, 4) is 0 Å². The van der Waals surface area contributed by atoms with Crippen molar-refractivity contribution in [1.29, 1.82) is 0 Å². The summed E-state index contributed by atoms with van der Waals surface area (Å²) in [4.78, 5) is 42.7. The number of carboxylic acids is 1. The number of hydrogen-bond donors (Lipinski definition) is 3. The number of benzene rings is 3. The molecule has 3 aromatic carbocycles. The molecule has 0 fully saturated rings. The highest BCUT2D eigenvalue weighted by Gasteiger charge is 2.30. The van der Waals surface area contributed by atoms with Gasteiger partial charge in [0, 0.05) is 30.1 Å². The summed E-state index contributed by atoms with van der Waals surface area (Å²) in [6.45, 7) is -0.728. The average molecular weight is 668 g/mol. The highest BCUT2D eigenvalue weighted by Crippen LogP contribution is 2.28. The maximum Gasteiger partial charge on any atom is 0.323 e. The van der Waals surface area contributed by atoms with Crippen LogP contribution < -0.4 is 20.8 Å². The summed E-state index contributed by atoms with van der Waals surface area (Å²) >= 11 is 1.11. The molecular formula is C31H27F2N5O6S2. The number of hydrogen-bond acceptors (Lipinski definition) is 8. The van der Waals surface area contributed by atoms with Gasteiger partial charge in [0.1, 0.15) is 17.5 Å². The van der Waals surface area contributed by atoms with Gasteiger partial charge in [-0.05, 0) is 30.2 Å². The number of aryl methyl sites for hydroxylation is 2. The van der Waals surface area contributed by atoms with E-state index in [2.05, 4.69) is 4.98 Å². The zero-order valence-electron chi connectivity index (χ0n) is 24.0. The van der Waals surface area contributed by atoms with Crippen LogP contribution in [0.5, 0.6) is 0 Å². The number of nitrogens with zero attached hydrogens (tertiary/aromatic N) is 3. The zero-order chi connectivity index (χ0) is 33.0. The number of anilines is 2. The summed E-state index contributed by atoms with van der Waals surface area (Å²) in [5.74, 6) is -3.66. The number of carbonyl (C=O) groups excluding carboxylic acids is 1. The molecule has 5 rings (SSSR count). The molecule has 0 aliphatic carbocycles. The fraction of sp³-hybridized carbons (Fsp3) is 0.161. The van der Waals surface area contributed by atoms with Crippen LogP contribution in [0, 0.1) is 11.6 Å². The van der Waals surface area contributed by atoms with Gasteiger partial charge in [-0.15, -0.1) is 11.3 Å². The number of aromatic nitrogens is 2.